The first kappa shape index (κ1) is 8.37. The third-order valence-corrected chi connectivity index (χ3v) is 1.98. The first-order valence-corrected chi connectivity index (χ1v) is 4.41. The summed E-state index contributed by atoms with van der Waals surface area (Å²) in [5.74, 6) is 0.750. The molecule has 0 spiro atoms. The molecule has 0 radical (unpaired) electrons. The highest BCUT2D eigenvalue weighted by Crippen LogP contribution is 2.07. The molecule has 0 N–H and O–H groups in total. The fraction of sp³-hybridized carbons (Fsp3) is 0.625. The molecule has 1 aromatic rings. The van der Waals surface area contributed by atoms with Gasteiger partial charge in [0.05, 0.1) is 6.61 Å². The second-order valence-electron chi connectivity index (χ2n) is 2.89. The van der Waals surface area contributed by atoms with E-state index < -0.39 is 0 Å². The summed E-state index contributed by atoms with van der Waals surface area (Å²) in [5.41, 5.74) is 0. The van der Waals surface area contributed by atoms with Crippen LogP contribution in [0.4, 0.5) is 5.95 Å². The molecule has 0 aromatic carbocycles. The molecule has 2 rings (SSSR count). The molecule has 70 valence electrons. The number of hydrogen-bond donors (Lipinski definition) is 0. The van der Waals surface area contributed by atoms with E-state index in [-0.39, 0.29) is 0 Å². The van der Waals surface area contributed by atoms with Gasteiger partial charge in [-0.05, 0) is 6.42 Å². The van der Waals surface area contributed by atoms with Crippen LogP contribution in [0.25, 0.3) is 0 Å². The summed E-state index contributed by atoms with van der Waals surface area (Å²) in [7, 11) is 0. The van der Waals surface area contributed by atoms with Gasteiger partial charge in [0.2, 0.25) is 5.95 Å². The second kappa shape index (κ2) is 4.13. The van der Waals surface area contributed by atoms with Gasteiger partial charge in [-0.25, -0.2) is 15.0 Å². The molecule has 0 atom stereocenters. The molecule has 1 fully saturated rings. The lowest BCUT2D eigenvalue weighted by molar-refractivity contribution is 0.152. The minimum atomic E-state index is 0.750. The summed E-state index contributed by atoms with van der Waals surface area (Å²) in [6.07, 6.45) is 4.08. The van der Waals surface area contributed by atoms with Gasteiger partial charge >= 0.3 is 0 Å². The van der Waals surface area contributed by atoms with Crippen molar-refractivity contribution in [1.29, 1.82) is 0 Å². The van der Waals surface area contributed by atoms with Crippen LogP contribution in [-0.4, -0.2) is 41.3 Å². The van der Waals surface area contributed by atoms with Crippen LogP contribution in [0.3, 0.4) is 0 Å². The fourth-order valence-electron chi connectivity index (χ4n) is 1.34. The molecule has 0 bridgehead atoms. The summed E-state index contributed by atoms with van der Waals surface area (Å²) >= 11 is 0. The maximum absolute atomic E-state index is 5.33. The number of rotatable bonds is 1. The van der Waals surface area contributed by atoms with E-state index >= 15 is 0 Å². The van der Waals surface area contributed by atoms with Crippen LogP contribution in [0.1, 0.15) is 6.42 Å². The van der Waals surface area contributed by atoms with Gasteiger partial charge in [0, 0.05) is 19.7 Å². The summed E-state index contributed by atoms with van der Waals surface area (Å²) in [6, 6.07) is 0. The molecule has 0 saturated carbocycles. The molecule has 5 heteroatoms. The topological polar surface area (TPSA) is 51.1 Å². The number of anilines is 1. The predicted octanol–water partition coefficient (Wildman–Crippen LogP) is 0.0983. The molecular weight excluding hydrogens is 168 g/mol. The van der Waals surface area contributed by atoms with Crippen molar-refractivity contribution in [3.8, 4) is 0 Å². The smallest absolute Gasteiger partial charge is 0.228 e. The van der Waals surface area contributed by atoms with Crippen LogP contribution in [0.15, 0.2) is 12.7 Å². The highest BCUT2D eigenvalue weighted by Gasteiger charge is 2.11. The largest absolute Gasteiger partial charge is 0.380 e. The molecule has 1 aliphatic heterocycles. The SMILES string of the molecule is c1ncnc(N2CCCOCC2)n1. The first-order chi connectivity index (χ1) is 6.47. The zero-order valence-electron chi connectivity index (χ0n) is 7.39. The van der Waals surface area contributed by atoms with Gasteiger partial charge in [-0.15, -0.1) is 0 Å². The lowest BCUT2D eigenvalue weighted by atomic mass is 10.4. The minimum absolute atomic E-state index is 0.750. The summed E-state index contributed by atoms with van der Waals surface area (Å²) in [5, 5.41) is 0. The highest BCUT2D eigenvalue weighted by atomic mass is 16.5. The average Bonchev–Trinajstić information content (AvgIpc) is 2.47. The molecule has 1 aromatic heterocycles. The van der Waals surface area contributed by atoms with E-state index in [1.54, 1.807) is 0 Å². The Hall–Kier alpha value is -1.23. The predicted molar refractivity (Wildman–Crippen MR) is 47.5 cm³/mol. The maximum atomic E-state index is 5.33. The third-order valence-electron chi connectivity index (χ3n) is 1.98. The average molecular weight is 180 g/mol. The van der Waals surface area contributed by atoms with Crippen LogP contribution < -0.4 is 4.90 Å². The van der Waals surface area contributed by atoms with E-state index in [1.807, 2.05) is 0 Å². The van der Waals surface area contributed by atoms with E-state index in [2.05, 4.69) is 19.9 Å². The summed E-state index contributed by atoms with van der Waals surface area (Å²) in [4.78, 5) is 14.1. The van der Waals surface area contributed by atoms with Crippen molar-refractivity contribution < 1.29 is 4.74 Å². The van der Waals surface area contributed by atoms with Crippen molar-refractivity contribution in [3.63, 3.8) is 0 Å². The first-order valence-electron chi connectivity index (χ1n) is 4.41. The molecule has 5 nitrogen and oxygen atoms in total. The quantitative estimate of drug-likeness (QED) is 0.613. The molecule has 0 unspecified atom stereocenters. The van der Waals surface area contributed by atoms with Gasteiger partial charge in [-0.2, -0.15) is 0 Å². The molecule has 1 saturated heterocycles. The summed E-state index contributed by atoms with van der Waals surface area (Å²) in [6.45, 7) is 3.42. The molecule has 13 heavy (non-hydrogen) atoms. The van der Waals surface area contributed by atoms with E-state index in [4.69, 9.17) is 4.74 Å². The molecule has 0 aliphatic carbocycles. The number of aromatic nitrogens is 3. The normalized spacial score (nSPS) is 18.3. The van der Waals surface area contributed by atoms with Gasteiger partial charge < -0.3 is 9.64 Å². The van der Waals surface area contributed by atoms with Crippen molar-refractivity contribution in [2.24, 2.45) is 0 Å². The zero-order valence-corrected chi connectivity index (χ0v) is 7.39. The highest BCUT2D eigenvalue weighted by molar-refractivity contribution is 5.27. The molecule has 2 heterocycles. The Morgan fingerprint density at radius 2 is 2.00 bits per heavy atom. The van der Waals surface area contributed by atoms with Crippen molar-refractivity contribution in [1.82, 2.24) is 15.0 Å². The standard InChI is InChI=1S/C8H12N4O/c1-2-12(3-5-13-4-1)8-10-6-9-7-11-8/h6-7H,1-5H2. The van der Waals surface area contributed by atoms with Crippen LogP contribution >= 0.6 is 0 Å². The number of ether oxygens (including phenoxy) is 1. The van der Waals surface area contributed by atoms with Crippen LogP contribution in [0, 0.1) is 0 Å². The lowest BCUT2D eigenvalue weighted by Gasteiger charge is -2.18. The Morgan fingerprint density at radius 1 is 1.15 bits per heavy atom. The van der Waals surface area contributed by atoms with Gasteiger partial charge in [0.15, 0.2) is 0 Å². The van der Waals surface area contributed by atoms with Crippen molar-refractivity contribution in [2.75, 3.05) is 31.2 Å². The van der Waals surface area contributed by atoms with Crippen LogP contribution in [-0.2, 0) is 4.74 Å². The zero-order chi connectivity index (χ0) is 8.93. The van der Waals surface area contributed by atoms with E-state index in [9.17, 15) is 0 Å². The molecule has 1 aliphatic rings. The number of hydrogen-bond acceptors (Lipinski definition) is 5. The van der Waals surface area contributed by atoms with Gasteiger partial charge in [0.25, 0.3) is 0 Å². The number of nitrogens with zero attached hydrogens (tertiary/aromatic N) is 4. The Bertz CT molecular complexity index is 246. The van der Waals surface area contributed by atoms with Crippen LogP contribution in [0.2, 0.25) is 0 Å². The van der Waals surface area contributed by atoms with Gasteiger partial charge in [0.1, 0.15) is 12.7 Å². The van der Waals surface area contributed by atoms with Crippen molar-refractivity contribution in [2.45, 2.75) is 6.42 Å². The van der Waals surface area contributed by atoms with Gasteiger partial charge in [-0.3, -0.25) is 0 Å². The van der Waals surface area contributed by atoms with Crippen molar-refractivity contribution in [3.05, 3.63) is 12.7 Å². The minimum Gasteiger partial charge on any atom is -0.380 e. The van der Waals surface area contributed by atoms with Crippen molar-refractivity contribution >= 4 is 5.95 Å². The Labute approximate surface area is 76.8 Å². The Morgan fingerprint density at radius 3 is 2.85 bits per heavy atom. The molecular formula is C8H12N4O. The summed E-state index contributed by atoms with van der Waals surface area (Å²) < 4.78 is 5.33. The molecule has 0 amide bonds. The van der Waals surface area contributed by atoms with Gasteiger partial charge in [-0.1, -0.05) is 0 Å². The van der Waals surface area contributed by atoms with E-state index in [0.29, 0.717) is 0 Å². The van der Waals surface area contributed by atoms with E-state index in [1.165, 1.54) is 12.7 Å². The van der Waals surface area contributed by atoms with E-state index in [0.717, 1.165) is 38.7 Å². The van der Waals surface area contributed by atoms with Crippen LogP contribution in [0.5, 0.6) is 0 Å². The third kappa shape index (κ3) is 2.12. The monoisotopic (exact) mass is 180 g/mol. The second-order valence-corrected chi connectivity index (χ2v) is 2.89. The lowest BCUT2D eigenvalue weighted by Crippen LogP contribution is -2.27. The fourth-order valence-corrected chi connectivity index (χ4v) is 1.34. The Balaban J connectivity index is 2.06. The Kier molecular flexibility index (Phi) is 2.66. The maximum Gasteiger partial charge on any atom is 0.228 e.